The average molecular weight is 326 g/mol. The second kappa shape index (κ2) is 5.98. The van der Waals surface area contributed by atoms with E-state index in [0.29, 0.717) is 6.04 Å². The van der Waals surface area contributed by atoms with E-state index < -0.39 is 0 Å². The summed E-state index contributed by atoms with van der Waals surface area (Å²) < 4.78 is 1.32. The fourth-order valence-corrected chi connectivity index (χ4v) is 4.90. The number of thioether (sulfide) groups is 1. The molecule has 1 unspecified atom stereocenters. The van der Waals surface area contributed by atoms with Gasteiger partial charge in [0.25, 0.3) is 0 Å². The third-order valence-corrected chi connectivity index (χ3v) is 5.88. The van der Waals surface area contributed by atoms with Crippen molar-refractivity contribution < 1.29 is 0 Å². The molecule has 0 aliphatic carbocycles. The first-order valence-corrected chi connectivity index (χ1v) is 8.90. The number of rotatable bonds is 2. The number of benzene rings is 1. The lowest BCUT2D eigenvalue weighted by atomic mass is 9.92. The molecular weight excluding hydrogens is 306 g/mol. The van der Waals surface area contributed by atoms with Gasteiger partial charge in [0.15, 0.2) is 0 Å². The van der Waals surface area contributed by atoms with Crippen molar-refractivity contribution in [3.8, 4) is 0 Å². The number of halogens is 1. The molecule has 1 N–H and O–H groups in total. The molecule has 3 heteroatoms. The summed E-state index contributed by atoms with van der Waals surface area (Å²) in [6.45, 7) is 1.17. The van der Waals surface area contributed by atoms with Crippen molar-refractivity contribution >= 4 is 27.7 Å². The summed E-state index contributed by atoms with van der Waals surface area (Å²) in [7, 11) is 0. The van der Waals surface area contributed by atoms with E-state index in [1.165, 1.54) is 59.3 Å². The second-order valence-corrected chi connectivity index (χ2v) is 7.40. The van der Waals surface area contributed by atoms with Gasteiger partial charge in [-0.2, -0.15) is 11.8 Å². The largest absolute Gasteiger partial charge is 0.310 e. The molecule has 18 heavy (non-hydrogen) atoms. The maximum Gasteiger partial charge on any atom is 0.0321 e. The smallest absolute Gasteiger partial charge is 0.0321 e. The highest BCUT2D eigenvalue weighted by Gasteiger charge is 2.20. The van der Waals surface area contributed by atoms with E-state index >= 15 is 0 Å². The van der Waals surface area contributed by atoms with Crippen molar-refractivity contribution in [3.05, 3.63) is 33.8 Å². The zero-order chi connectivity index (χ0) is 12.4. The van der Waals surface area contributed by atoms with Crippen molar-refractivity contribution in [2.45, 2.75) is 37.6 Å². The van der Waals surface area contributed by atoms with E-state index in [2.05, 4.69) is 51.2 Å². The molecule has 2 saturated heterocycles. The number of hydrogen-bond donors (Lipinski definition) is 1. The van der Waals surface area contributed by atoms with E-state index in [-0.39, 0.29) is 0 Å². The standard InChI is InChI=1S/C15H20BrNS/c16-14-10-12(15-2-1-7-17-15)3-4-13(14)11-5-8-18-9-6-11/h3-4,10-11,15,17H,1-2,5-9H2. The van der Waals surface area contributed by atoms with Crippen LogP contribution in [0.4, 0.5) is 0 Å². The van der Waals surface area contributed by atoms with Crippen LogP contribution in [-0.4, -0.2) is 18.1 Å². The molecule has 98 valence electrons. The van der Waals surface area contributed by atoms with Crippen LogP contribution in [0.3, 0.4) is 0 Å². The van der Waals surface area contributed by atoms with Gasteiger partial charge in [0.1, 0.15) is 0 Å². The molecule has 2 aliphatic heterocycles. The van der Waals surface area contributed by atoms with Crippen LogP contribution in [0.2, 0.25) is 0 Å². The molecule has 1 aromatic rings. The lowest BCUT2D eigenvalue weighted by Gasteiger charge is -2.23. The lowest BCUT2D eigenvalue weighted by molar-refractivity contribution is 0.627. The van der Waals surface area contributed by atoms with Gasteiger partial charge in [-0.05, 0) is 66.8 Å². The van der Waals surface area contributed by atoms with Crippen LogP contribution in [0.25, 0.3) is 0 Å². The van der Waals surface area contributed by atoms with Crippen LogP contribution in [0.5, 0.6) is 0 Å². The van der Waals surface area contributed by atoms with E-state index in [1.54, 1.807) is 0 Å². The van der Waals surface area contributed by atoms with Crippen LogP contribution in [0.1, 0.15) is 48.8 Å². The first-order chi connectivity index (χ1) is 8.84. The highest BCUT2D eigenvalue weighted by atomic mass is 79.9. The van der Waals surface area contributed by atoms with E-state index in [4.69, 9.17) is 0 Å². The summed E-state index contributed by atoms with van der Waals surface area (Å²) in [6.07, 6.45) is 5.27. The lowest BCUT2D eigenvalue weighted by Crippen LogP contribution is -2.13. The Morgan fingerprint density at radius 2 is 2.00 bits per heavy atom. The molecule has 3 rings (SSSR count). The second-order valence-electron chi connectivity index (χ2n) is 5.32. The van der Waals surface area contributed by atoms with Gasteiger partial charge < -0.3 is 5.32 Å². The molecule has 2 fully saturated rings. The predicted molar refractivity (Wildman–Crippen MR) is 83.4 cm³/mol. The summed E-state index contributed by atoms with van der Waals surface area (Å²) in [5.41, 5.74) is 2.98. The predicted octanol–water partition coefficient (Wildman–Crippen LogP) is 4.48. The summed E-state index contributed by atoms with van der Waals surface area (Å²) in [5, 5.41) is 3.57. The topological polar surface area (TPSA) is 12.0 Å². The van der Waals surface area contributed by atoms with Gasteiger partial charge in [0, 0.05) is 10.5 Å². The van der Waals surface area contributed by atoms with Gasteiger partial charge in [0.2, 0.25) is 0 Å². The summed E-state index contributed by atoms with van der Waals surface area (Å²) in [4.78, 5) is 0. The Labute approximate surface area is 122 Å². The maximum absolute atomic E-state index is 3.80. The zero-order valence-electron chi connectivity index (χ0n) is 10.6. The molecule has 2 heterocycles. The Hall–Kier alpha value is 0.01000. The minimum Gasteiger partial charge on any atom is -0.310 e. The highest BCUT2D eigenvalue weighted by Crippen LogP contribution is 2.37. The van der Waals surface area contributed by atoms with E-state index in [1.807, 2.05) is 0 Å². The third-order valence-electron chi connectivity index (χ3n) is 4.15. The quantitative estimate of drug-likeness (QED) is 0.860. The molecule has 0 aromatic heterocycles. The normalized spacial score (nSPS) is 25.5. The van der Waals surface area contributed by atoms with Crippen LogP contribution < -0.4 is 5.32 Å². The molecule has 2 aliphatic rings. The van der Waals surface area contributed by atoms with Gasteiger partial charge in [-0.25, -0.2) is 0 Å². The Morgan fingerprint density at radius 1 is 1.17 bits per heavy atom. The minimum atomic E-state index is 0.581. The van der Waals surface area contributed by atoms with Crippen LogP contribution in [0.15, 0.2) is 22.7 Å². The average Bonchev–Trinajstić information content (AvgIpc) is 2.93. The molecular formula is C15H20BrNS. The molecule has 1 atom stereocenters. The van der Waals surface area contributed by atoms with E-state index in [9.17, 15) is 0 Å². The molecule has 0 spiro atoms. The summed E-state index contributed by atoms with van der Waals surface area (Å²) >= 11 is 5.89. The Morgan fingerprint density at radius 3 is 2.67 bits per heavy atom. The molecule has 0 saturated carbocycles. The van der Waals surface area contributed by atoms with Crippen LogP contribution in [0, 0.1) is 0 Å². The van der Waals surface area contributed by atoms with Gasteiger partial charge in [-0.15, -0.1) is 0 Å². The fraction of sp³-hybridized carbons (Fsp3) is 0.600. The van der Waals surface area contributed by atoms with Crippen molar-refractivity contribution in [3.63, 3.8) is 0 Å². The van der Waals surface area contributed by atoms with Crippen LogP contribution >= 0.6 is 27.7 Å². The number of hydrogen-bond acceptors (Lipinski definition) is 2. The Bertz CT molecular complexity index is 409. The van der Waals surface area contributed by atoms with Crippen molar-refractivity contribution in [2.75, 3.05) is 18.1 Å². The minimum absolute atomic E-state index is 0.581. The zero-order valence-corrected chi connectivity index (χ0v) is 13.0. The highest BCUT2D eigenvalue weighted by molar-refractivity contribution is 9.10. The van der Waals surface area contributed by atoms with Crippen molar-refractivity contribution in [2.24, 2.45) is 0 Å². The summed E-state index contributed by atoms with van der Waals surface area (Å²) in [6, 6.07) is 7.63. The van der Waals surface area contributed by atoms with Gasteiger partial charge in [-0.3, -0.25) is 0 Å². The van der Waals surface area contributed by atoms with Crippen LogP contribution in [-0.2, 0) is 0 Å². The SMILES string of the molecule is Brc1cc(C2CCCN2)ccc1C1CCSCC1. The molecule has 0 bridgehead atoms. The van der Waals surface area contributed by atoms with Crippen molar-refractivity contribution in [1.29, 1.82) is 0 Å². The van der Waals surface area contributed by atoms with Gasteiger partial charge in [-0.1, -0.05) is 28.1 Å². The van der Waals surface area contributed by atoms with E-state index in [0.717, 1.165) is 5.92 Å². The fourth-order valence-electron chi connectivity index (χ4n) is 3.07. The molecule has 0 radical (unpaired) electrons. The molecule has 1 aromatic carbocycles. The molecule has 1 nitrogen and oxygen atoms in total. The van der Waals surface area contributed by atoms with Gasteiger partial charge >= 0.3 is 0 Å². The summed E-state index contributed by atoms with van der Waals surface area (Å²) in [5.74, 6) is 3.41. The maximum atomic E-state index is 3.80. The Kier molecular flexibility index (Phi) is 4.32. The van der Waals surface area contributed by atoms with Crippen molar-refractivity contribution in [1.82, 2.24) is 5.32 Å². The number of nitrogens with one attached hydrogen (secondary N) is 1. The first-order valence-electron chi connectivity index (χ1n) is 6.95. The Balaban J connectivity index is 1.79. The molecule has 0 amide bonds. The first kappa shape index (κ1) is 13.0. The monoisotopic (exact) mass is 325 g/mol. The van der Waals surface area contributed by atoms with Gasteiger partial charge in [0.05, 0.1) is 0 Å². The third kappa shape index (κ3) is 2.78.